The van der Waals surface area contributed by atoms with Crippen molar-refractivity contribution in [1.82, 2.24) is 15.3 Å². The van der Waals surface area contributed by atoms with E-state index in [4.69, 9.17) is 4.74 Å². The molecular weight excluding hydrogens is 372 g/mol. The van der Waals surface area contributed by atoms with Gasteiger partial charge in [-0.3, -0.25) is 9.78 Å². The SMILES string of the molecule is Cc1cnc2cccc(NC(=O)C3(O)CCCCC3NC(=O)OC(C)(C)C)c2n1. The lowest BCUT2D eigenvalue weighted by molar-refractivity contribution is -0.140. The molecule has 0 aliphatic heterocycles. The van der Waals surface area contributed by atoms with Crippen LogP contribution in [-0.4, -0.2) is 44.3 Å². The molecule has 1 aliphatic rings. The fraction of sp³-hybridized carbons (Fsp3) is 0.524. The number of anilines is 1. The summed E-state index contributed by atoms with van der Waals surface area (Å²) in [6, 6.07) is 4.55. The van der Waals surface area contributed by atoms with Crippen molar-refractivity contribution in [2.45, 2.75) is 70.6 Å². The number of benzene rings is 1. The number of alkyl carbamates (subject to hydrolysis) is 1. The van der Waals surface area contributed by atoms with E-state index in [9.17, 15) is 14.7 Å². The Labute approximate surface area is 170 Å². The van der Waals surface area contributed by atoms with Gasteiger partial charge in [0.2, 0.25) is 0 Å². The predicted octanol–water partition coefficient (Wildman–Crippen LogP) is 3.08. The number of carbonyl (C=O) groups excluding carboxylic acids is 2. The fourth-order valence-corrected chi connectivity index (χ4v) is 3.52. The minimum Gasteiger partial charge on any atom is -0.444 e. The molecule has 29 heavy (non-hydrogen) atoms. The highest BCUT2D eigenvalue weighted by Gasteiger charge is 2.46. The van der Waals surface area contributed by atoms with Crippen LogP contribution in [0.4, 0.5) is 10.5 Å². The molecule has 0 bridgehead atoms. The van der Waals surface area contributed by atoms with Gasteiger partial charge in [0.15, 0.2) is 5.60 Å². The zero-order chi connectivity index (χ0) is 21.2. The Balaban J connectivity index is 1.82. The highest BCUT2D eigenvalue weighted by atomic mass is 16.6. The topological polar surface area (TPSA) is 113 Å². The van der Waals surface area contributed by atoms with Crippen LogP contribution in [0, 0.1) is 6.92 Å². The van der Waals surface area contributed by atoms with Gasteiger partial charge in [-0.15, -0.1) is 0 Å². The highest BCUT2D eigenvalue weighted by Crippen LogP contribution is 2.31. The normalized spacial score (nSPS) is 22.2. The van der Waals surface area contributed by atoms with E-state index in [1.165, 1.54) is 0 Å². The van der Waals surface area contributed by atoms with Gasteiger partial charge in [0.05, 0.1) is 22.9 Å². The third-order valence-corrected chi connectivity index (χ3v) is 4.90. The quantitative estimate of drug-likeness (QED) is 0.730. The first kappa shape index (κ1) is 21.0. The number of carbonyl (C=O) groups is 2. The molecule has 0 spiro atoms. The smallest absolute Gasteiger partial charge is 0.407 e. The molecule has 1 aromatic heterocycles. The Hall–Kier alpha value is -2.74. The number of fused-ring (bicyclic) bond motifs is 1. The standard InChI is InChI=1S/C21H28N4O4/c1-13-12-22-14-8-7-9-15(17(14)23-13)24-18(26)21(28)11-6-5-10-16(21)25-19(27)29-20(2,3)4/h7-9,12,16,28H,5-6,10-11H2,1-4H3,(H,24,26)(H,25,27). The lowest BCUT2D eigenvalue weighted by Crippen LogP contribution is -2.61. The molecule has 0 saturated heterocycles. The Bertz CT molecular complexity index is 925. The van der Waals surface area contributed by atoms with Gasteiger partial charge in [-0.25, -0.2) is 9.78 Å². The second kappa shape index (κ2) is 7.94. The summed E-state index contributed by atoms with van der Waals surface area (Å²) in [5.74, 6) is -0.575. The van der Waals surface area contributed by atoms with Crippen LogP contribution in [0.1, 0.15) is 52.1 Å². The number of hydrogen-bond acceptors (Lipinski definition) is 6. The van der Waals surface area contributed by atoms with Crippen molar-refractivity contribution in [1.29, 1.82) is 0 Å². The molecule has 2 aromatic rings. The van der Waals surface area contributed by atoms with E-state index in [0.29, 0.717) is 29.6 Å². The molecule has 0 radical (unpaired) electrons. The van der Waals surface area contributed by atoms with Gasteiger partial charge in [0.1, 0.15) is 11.1 Å². The number of ether oxygens (including phenoxy) is 1. The molecule has 1 aliphatic carbocycles. The number of nitrogens with one attached hydrogen (secondary N) is 2. The summed E-state index contributed by atoms with van der Waals surface area (Å²) in [4.78, 5) is 34.1. The number of para-hydroxylation sites is 1. The number of aryl methyl sites for hydroxylation is 1. The minimum atomic E-state index is -1.74. The summed E-state index contributed by atoms with van der Waals surface area (Å²) in [5.41, 5.74) is -0.0177. The van der Waals surface area contributed by atoms with Crippen LogP contribution in [0.3, 0.4) is 0 Å². The molecule has 156 valence electrons. The molecule has 3 rings (SSSR count). The van der Waals surface area contributed by atoms with Gasteiger partial charge in [0, 0.05) is 6.20 Å². The third-order valence-electron chi connectivity index (χ3n) is 4.90. The van der Waals surface area contributed by atoms with Gasteiger partial charge < -0.3 is 20.5 Å². The summed E-state index contributed by atoms with van der Waals surface area (Å²) < 4.78 is 5.29. The maximum atomic E-state index is 13.1. The maximum absolute atomic E-state index is 13.1. The van der Waals surface area contributed by atoms with E-state index in [1.807, 2.05) is 6.92 Å². The summed E-state index contributed by atoms with van der Waals surface area (Å²) in [5, 5.41) is 16.7. The van der Waals surface area contributed by atoms with Crippen LogP contribution in [-0.2, 0) is 9.53 Å². The first-order valence-electron chi connectivity index (χ1n) is 9.84. The average molecular weight is 400 g/mol. The van der Waals surface area contributed by atoms with E-state index < -0.39 is 29.2 Å². The van der Waals surface area contributed by atoms with Gasteiger partial charge in [-0.2, -0.15) is 0 Å². The number of aromatic nitrogens is 2. The Morgan fingerprint density at radius 1 is 1.28 bits per heavy atom. The maximum Gasteiger partial charge on any atom is 0.407 e. The van der Waals surface area contributed by atoms with Gasteiger partial charge >= 0.3 is 6.09 Å². The lowest BCUT2D eigenvalue weighted by atomic mass is 9.79. The molecule has 1 fully saturated rings. The molecule has 1 saturated carbocycles. The second-order valence-electron chi connectivity index (χ2n) is 8.51. The lowest BCUT2D eigenvalue weighted by Gasteiger charge is -2.39. The van der Waals surface area contributed by atoms with Crippen molar-refractivity contribution in [2.75, 3.05) is 5.32 Å². The molecule has 2 amide bonds. The Morgan fingerprint density at radius 3 is 2.76 bits per heavy atom. The van der Waals surface area contributed by atoms with E-state index in [0.717, 1.165) is 12.1 Å². The third kappa shape index (κ3) is 4.82. The van der Waals surface area contributed by atoms with Crippen molar-refractivity contribution in [3.8, 4) is 0 Å². The van der Waals surface area contributed by atoms with E-state index in [2.05, 4.69) is 20.6 Å². The molecular formula is C21H28N4O4. The van der Waals surface area contributed by atoms with E-state index in [1.54, 1.807) is 45.2 Å². The number of aliphatic hydroxyl groups is 1. The molecule has 3 N–H and O–H groups in total. The zero-order valence-electron chi connectivity index (χ0n) is 17.3. The van der Waals surface area contributed by atoms with Crippen molar-refractivity contribution < 1.29 is 19.4 Å². The van der Waals surface area contributed by atoms with Crippen LogP contribution in [0.15, 0.2) is 24.4 Å². The van der Waals surface area contributed by atoms with Crippen molar-refractivity contribution in [3.05, 3.63) is 30.1 Å². The number of rotatable bonds is 3. The van der Waals surface area contributed by atoms with Crippen molar-refractivity contribution in [3.63, 3.8) is 0 Å². The van der Waals surface area contributed by atoms with Gasteiger partial charge in [0.25, 0.3) is 5.91 Å². The predicted molar refractivity (Wildman–Crippen MR) is 109 cm³/mol. The van der Waals surface area contributed by atoms with Crippen molar-refractivity contribution in [2.24, 2.45) is 0 Å². The molecule has 1 heterocycles. The van der Waals surface area contributed by atoms with Crippen LogP contribution in [0.25, 0.3) is 11.0 Å². The summed E-state index contributed by atoms with van der Waals surface area (Å²) >= 11 is 0. The molecule has 2 atom stereocenters. The van der Waals surface area contributed by atoms with Crippen LogP contribution < -0.4 is 10.6 Å². The second-order valence-corrected chi connectivity index (χ2v) is 8.51. The summed E-state index contributed by atoms with van der Waals surface area (Å²) in [6.45, 7) is 7.10. The molecule has 2 unspecified atom stereocenters. The number of nitrogens with zero attached hydrogens (tertiary/aromatic N) is 2. The molecule has 8 nitrogen and oxygen atoms in total. The Kier molecular flexibility index (Phi) is 5.75. The van der Waals surface area contributed by atoms with Crippen LogP contribution >= 0.6 is 0 Å². The van der Waals surface area contributed by atoms with Crippen LogP contribution in [0.2, 0.25) is 0 Å². The minimum absolute atomic E-state index is 0.245. The van der Waals surface area contributed by atoms with Gasteiger partial charge in [-0.05, 0) is 59.1 Å². The summed E-state index contributed by atoms with van der Waals surface area (Å²) in [7, 11) is 0. The fourth-order valence-electron chi connectivity index (χ4n) is 3.52. The van der Waals surface area contributed by atoms with E-state index in [-0.39, 0.29) is 6.42 Å². The Morgan fingerprint density at radius 2 is 2.03 bits per heavy atom. The molecule has 8 heteroatoms. The number of hydrogen-bond donors (Lipinski definition) is 3. The largest absolute Gasteiger partial charge is 0.444 e. The molecule has 1 aromatic carbocycles. The van der Waals surface area contributed by atoms with Crippen molar-refractivity contribution >= 4 is 28.7 Å². The van der Waals surface area contributed by atoms with Crippen LogP contribution in [0.5, 0.6) is 0 Å². The average Bonchev–Trinajstić information content (AvgIpc) is 2.62. The summed E-state index contributed by atoms with van der Waals surface area (Å²) in [6.07, 6.45) is 3.22. The van der Waals surface area contributed by atoms with E-state index >= 15 is 0 Å². The number of amides is 2. The van der Waals surface area contributed by atoms with Gasteiger partial charge in [-0.1, -0.05) is 12.5 Å². The first-order valence-corrected chi connectivity index (χ1v) is 9.84. The zero-order valence-corrected chi connectivity index (χ0v) is 17.3. The first-order chi connectivity index (χ1) is 13.6. The monoisotopic (exact) mass is 400 g/mol. The highest BCUT2D eigenvalue weighted by molar-refractivity contribution is 6.03.